The average molecular weight is 533 g/mol. The second-order valence-corrected chi connectivity index (χ2v) is 8.28. The van der Waals surface area contributed by atoms with Crippen LogP contribution in [0.3, 0.4) is 0 Å². The van der Waals surface area contributed by atoms with Crippen LogP contribution in [0.2, 0.25) is 10.0 Å². The number of nitrogens with zero attached hydrogens (tertiary/aromatic N) is 1. The van der Waals surface area contributed by atoms with Gasteiger partial charge in [0, 0.05) is 4.47 Å². The Balaban J connectivity index is 1.88. The number of ether oxygens (including phenoxy) is 2. The fourth-order valence-corrected chi connectivity index (χ4v) is 3.61. The maximum absolute atomic E-state index is 11.0. The Morgan fingerprint density at radius 2 is 1.75 bits per heavy atom. The molecule has 0 aromatic heterocycles. The van der Waals surface area contributed by atoms with E-state index in [-0.39, 0.29) is 12.2 Å². The standard InChI is InChI=1S/C24H16BrCl2NO4/c1-31-22-10-17(9-18(12-28)15-3-5-16(6-4-15)24(29)30)19(25)11-23(22)32-13-14-2-7-20(26)21(27)8-14/h2-11H,13H2,1H3,(H,29,30)/b18-9-. The predicted octanol–water partition coefficient (Wildman–Crippen LogP) is 7.11. The molecule has 0 radical (unpaired) electrons. The van der Waals surface area contributed by atoms with Crippen LogP contribution in [-0.4, -0.2) is 18.2 Å². The second kappa shape index (κ2) is 10.6. The van der Waals surface area contributed by atoms with Gasteiger partial charge in [-0.25, -0.2) is 4.79 Å². The summed E-state index contributed by atoms with van der Waals surface area (Å²) in [5, 5.41) is 19.6. The molecule has 5 nitrogen and oxygen atoms in total. The van der Waals surface area contributed by atoms with Crippen LogP contribution in [0.1, 0.15) is 27.0 Å². The fourth-order valence-electron chi connectivity index (χ4n) is 2.85. The molecule has 162 valence electrons. The summed E-state index contributed by atoms with van der Waals surface area (Å²) >= 11 is 15.5. The van der Waals surface area contributed by atoms with Gasteiger partial charge in [0.05, 0.1) is 34.4 Å². The summed E-state index contributed by atoms with van der Waals surface area (Å²) in [5.74, 6) is -0.0343. The van der Waals surface area contributed by atoms with E-state index in [1.807, 2.05) is 6.07 Å². The third-order valence-corrected chi connectivity index (χ3v) is 5.95. The Bertz CT molecular complexity index is 1230. The first-order chi connectivity index (χ1) is 15.3. The van der Waals surface area contributed by atoms with Crippen molar-refractivity contribution in [3.8, 4) is 17.6 Å². The summed E-state index contributed by atoms with van der Waals surface area (Å²) in [6.45, 7) is 0.258. The normalized spacial score (nSPS) is 11.0. The topological polar surface area (TPSA) is 79.5 Å². The van der Waals surface area contributed by atoms with Crippen molar-refractivity contribution in [1.82, 2.24) is 0 Å². The summed E-state index contributed by atoms with van der Waals surface area (Å²) in [6.07, 6.45) is 1.69. The highest BCUT2D eigenvalue weighted by atomic mass is 79.9. The van der Waals surface area contributed by atoms with E-state index < -0.39 is 5.97 Å². The number of hydrogen-bond acceptors (Lipinski definition) is 4. The second-order valence-electron chi connectivity index (χ2n) is 6.61. The first-order valence-electron chi connectivity index (χ1n) is 9.22. The number of benzene rings is 3. The van der Waals surface area contributed by atoms with Crippen LogP contribution < -0.4 is 9.47 Å². The maximum atomic E-state index is 11.0. The van der Waals surface area contributed by atoms with Gasteiger partial charge in [-0.05, 0) is 59.2 Å². The summed E-state index contributed by atoms with van der Waals surface area (Å²) in [6, 6.07) is 17.0. The summed E-state index contributed by atoms with van der Waals surface area (Å²) in [5.41, 5.74) is 2.66. The fraction of sp³-hybridized carbons (Fsp3) is 0.0833. The quantitative estimate of drug-likeness (QED) is 0.259. The lowest BCUT2D eigenvalue weighted by Gasteiger charge is -2.13. The molecule has 3 aromatic rings. The number of nitriles is 1. The van der Waals surface area contributed by atoms with Gasteiger partial charge in [0.1, 0.15) is 6.61 Å². The Kier molecular flexibility index (Phi) is 7.81. The Morgan fingerprint density at radius 3 is 2.34 bits per heavy atom. The molecule has 0 unspecified atom stereocenters. The molecule has 0 saturated heterocycles. The third-order valence-electron chi connectivity index (χ3n) is 4.52. The Labute approximate surface area is 203 Å². The van der Waals surface area contributed by atoms with Gasteiger partial charge in [-0.15, -0.1) is 0 Å². The largest absolute Gasteiger partial charge is 0.493 e. The van der Waals surface area contributed by atoms with Crippen molar-refractivity contribution in [3.63, 3.8) is 0 Å². The van der Waals surface area contributed by atoms with Gasteiger partial charge in [-0.3, -0.25) is 0 Å². The predicted molar refractivity (Wildman–Crippen MR) is 128 cm³/mol. The molecule has 1 N–H and O–H groups in total. The number of halogens is 3. The minimum Gasteiger partial charge on any atom is -0.493 e. The van der Waals surface area contributed by atoms with Crippen LogP contribution in [0.5, 0.6) is 11.5 Å². The first kappa shape index (κ1) is 23.7. The highest BCUT2D eigenvalue weighted by Crippen LogP contribution is 2.36. The monoisotopic (exact) mass is 531 g/mol. The van der Waals surface area contributed by atoms with Crippen molar-refractivity contribution < 1.29 is 19.4 Å². The van der Waals surface area contributed by atoms with Gasteiger partial charge in [0.2, 0.25) is 0 Å². The Morgan fingerprint density at radius 1 is 1.06 bits per heavy atom. The molecule has 32 heavy (non-hydrogen) atoms. The van der Waals surface area contributed by atoms with E-state index >= 15 is 0 Å². The first-order valence-corrected chi connectivity index (χ1v) is 10.8. The van der Waals surface area contributed by atoms with Gasteiger partial charge in [0.15, 0.2) is 11.5 Å². The molecule has 0 aliphatic carbocycles. The molecular weight excluding hydrogens is 517 g/mol. The number of carboxylic acids is 1. The highest BCUT2D eigenvalue weighted by molar-refractivity contribution is 9.10. The molecule has 0 spiro atoms. The number of rotatable bonds is 7. The van der Waals surface area contributed by atoms with E-state index in [4.69, 9.17) is 37.8 Å². The number of methoxy groups -OCH3 is 1. The van der Waals surface area contributed by atoms with E-state index in [1.165, 1.54) is 19.2 Å². The van der Waals surface area contributed by atoms with Gasteiger partial charge < -0.3 is 14.6 Å². The zero-order valence-corrected chi connectivity index (χ0v) is 19.8. The molecule has 0 saturated carbocycles. The average Bonchev–Trinajstić information content (AvgIpc) is 2.79. The summed E-state index contributed by atoms with van der Waals surface area (Å²) in [7, 11) is 1.53. The zero-order chi connectivity index (χ0) is 23.3. The molecule has 0 amide bonds. The van der Waals surface area contributed by atoms with Crippen molar-refractivity contribution in [2.24, 2.45) is 0 Å². The Hall–Kier alpha value is -2.98. The molecule has 3 rings (SSSR count). The third kappa shape index (κ3) is 5.63. The van der Waals surface area contributed by atoms with Crippen LogP contribution in [0.15, 0.2) is 59.1 Å². The lowest BCUT2D eigenvalue weighted by molar-refractivity contribution is 0.0697. The van der Waals surface area contributed by atoms with Gasteiger partial charge in [-0.2, -0.15) is 5.26 Å². The number of carboxylic acid groups (broad SMARTS) is 1. The van der Waals surface area contributed by atoms with Gasteiger partial charge in [-0.1, -0.05) is 57.3 Å². The molecule has 0 aliphatic heterocycles. The van der Waals surface area contributed by atoms with Crippen molar-refractivity contribution in [1.29, 1.82) is 5.26 Å². The molecule has 3 aromatic carbocycles. The van der Waals surface area contributed by atoms with E-state index in [0.717, 1.165) is 5.56 Å². The molecule has 0 fully saturated rings. The van der Waals surface area contributed by atoms with Crippen molar-refractivity contribution in [3.05, 3.63) is 91.4 Å². The molecular formula is C24H16BrCl2NO4. The molecule has 0 aliphatic rings. The SMILES string of the molecule is COc1cc(/C=C(/C#N)c2ccc(C(=O)O)cc2)c(Br)cc1OCc1ccc(Cl)c(Cl)c1. The lowest BCUT2D eigenvalue weighted by atomic mass is 10.0. The lowest BCUT2D eigenvalue weighted by Crippen LogP contribution is -1.99. The van der Waals surface area contributed by atoms with Crippen LogP contribution in [-0.2, 0) is 6.61 Å². The number of aromatic carboxylic acids is 1. The van der Waals surface area contributed by atoms with Crippen LogP contribution >= 0.6 is 39.1 Å². The maximum Gasteiger partial charge on any atom is 0.335 e. The van der Waals surface area contributed by atoms with E-state index in [2.05, 4.69) is 22.0 Å². The highest BCUT2D eigenvalue weighted by Gasteiger charge is 2.12. The van der Waals surface area contributed by atoms with Crippen molar-refractivity contribution in [2.75, 3.05) is 7.11 Å². The smallest absolute Gasteiger partial charge is 0.335 e. The summed E-state index contributed by atoms with van der Waals surface area (Å²) in [4.78, 5) is 11.0. The summed E-state index contributed by atoms with van der Waals surface area (Å²) < 4.78 is 12.1. The number of hydrogen-bond donors (Lipinski definition) is 1. The molecule has 0 bridgehead atoms. The van der Waals surface area contributed by atoms with Gasteiger partial charge >= 0.3 is 5.97 Å². The minimum atomic E-state index is -1.03. The van der Waals surface area contributed by atoms with Crippen molar-refractivity contribution in [2.45, 2.75) is 6.61 Å². The van der Waals surface area contributed by atoms with Crippen LogP contribution in [0.25, 0.3) is 11.6 Å². The van der Waals surface area contributed by atoms with E-state index in [1.54, 1.807) is 42.5 Å². The zero-order valence-electron chi connectivity index (χ0n) is 16.7. The van der Waals surface area contributed by atoms with Gasteiger partial charge in [0.25, 0.3) is 0 Å². The molecule has 0 heterocycles. The minimum absolute atomic E-state index is 0.150. The van der Waals surface area contributed by atoms with E-state index in [9.17, 15) is 10.1 Å². The molecule has 0 atom stereocenters. The number of carbonyl (C=O) groups is 1. The van der Waals surface area contributed by atoms with Crippen LogP contribution in [0.4, 0.5) is 0 Å². The number of allylic oxidation sites excluding steroid dienone is 1. The van der Waals surface area contributed by atoms with E-state index in [0.29, 0.717) is 42.7 Å². The molecule has 8 heteroatoms. The van der Waals surface area contributed by atoms with Crippen LogP contribution in [0, 0.1) is 11.3 Å². The van der Waals surface area contributed by atoms with Crippen molar-refractivity contribution >= 4 is 56.8 Å².